The molecule has 0 saturated heterocycles. The van der Waals surface area contributed by atoms with Gasteiger partial charge in [-0.1, -0.05) is 12.8 Å². The van der Waals surface area contributed by atoms with Gasteiger partial charge in [0.05, 0.1) is 11.8 Å². The minimum absolute atomic E-state index is 0.0927. The summed E-state index contributed by atoms with van der Waals surface area (Å²) in [5, 5.41) is 11.8. The van der Waals surface area contributed by atoms with Crippen LogP contribution in [0.5, 0.6) is 0 Å². The van der Waals surface area contributed by atoms with Gasteiger partial charge < -0.3 is 14.8 Å². The molecule has 0 spiro atoms. The molecule has 0 radical (unpaired) electrons. The molecule has 0 aromatic carbocycles. The lowest BCUT2D eigenvalue weighted by molar-refractivity contribution is -0.136. The average molecular weight is 279 g/mol. The zero-order valence-electron chi connectivity index (χ0n) is 11.9. The smallest absolute Gasteiger partial charge is 0.311 e. The van der Waals surface area contributed by atoms with Crippen molar-refractivity contribution in [2.75, 3.05) is 0 Å². The van der Waals surface area contributed by atoms with Gasteiger partial charge in [-0.2, -0.15) is 0 Å². The Bertz CT molecular complexity index is 502. The number of carboxylic acids is 1. The standard InChI is InChI=1S/C15H21NO4/c1-9-8-20-12(7-13(17)18)14(9)15(19)16-10(2)3-4-11-5-6-11/h8,10-11H,3-7H2,1-2H3,(H,16,19)(H,17,18). The summed E-state index contributed by atoms with van der Waals surface area (Å²) in [4.78, 5) is 23.0. The number of aryl methyl sites for hydroxylation is 1. The third-order valence-electron chi connectivity index (χ3n) is 3.67. The Kier molecular flexibility index (Phi) is 4.47. The second kappa shape index (κ2) is 6.11. The van der Waals surface area contributed by atoms with Crippen LogP contribution in [0, 0.1) is 12.8 Å². The van der Waals surface area contributed by atoms with Gasteiger partial charge in [0.15, 0.2) is 0 Å². The normalized spacial score (nSPS) is 15.9. The van der Waals surface area contributed by atoms with Gasteiger partial charge in [0.2, 0.25) is 0 Å². The monoisotopic (exact) mass is 279 g/mol. The van der Waals surface area contributed by atoms with E-state index < -0.39 is 5.97 Å². The third kappa shape index (κ3) is 3.85. The molecule has 1 unspecified atom stereocenters. The zero-order valence-corrected chi connectivity index (χ0v) is 11.9. The highest BCUT2D eigenvalue weighted by Gasteiger charge is 2.24. The minimum Gasteiger partial charge on any atom is -0.481 e. The fourth-order valence-corrected chi connectivity index (χ4v) is 2.33. The molecular formula is C15H21NO4. The molecule has 1 amide bonds. The Morgan fingerprint density at radius 2 is 2.20 bits per heavy atom. The molecule has 0 aliphatic heterocycles. The molecule has 5 nitrogen and oxygen atoms in total. The average Bonchev–Trinajstić information content (AvgIpc) is 3.11. The Labute approximate surface area is 118 Å². The summed E-state index contributed by atoms with van der Waals surface area (Å²) in [6, 6.07) is 0.0927. The van der Waals surface area contributed by atoms with E-state index in [0.717, 1.165) is 18.8 Å². The molecule has 5 heteroatoms. The fourth-order valence-electron chi connectivity index (χ4n) is 2.33. The number of hydrogen-bond acceptors (Lipinski definition) is 3. The summed E-state index contributed by atoms with van der Waals surface area (Å²) in [6.45, 7) is 3.73. The molecule has 2 N–H and O–H groups in total. The van der Waals surface area contributed by atoms with Crippen LogP contribution in [0.25, 0.3) is 0 Å². The van der Waals surface area contributed by atoms with Crippen LogP contribution in [0.3, 0.4) is 0 Å². The van der Waals surface area contributed by atoms with E-state index in [1.165, 1.54) is 19.1 Å². The van der Waals surface area contributed by atoms with E-state index in [1.54, 1.807) is 6.92 Å². The maximum absolute atomic E-state index is 12.2. The number of nitrogens with one attached hydrogen (secondary N) is 1. The second-order valence-electron chi connectivity index (χ2n) is 5.68. The van der Waals surface area contributed by atoms with Crippen LogP contribution in [0.1, 0.15) is 54.3 Å². The molecule has 1 heterocycles. The summed E-state index contributed by atoms with van der Waals surface area (Å²) < 4.78 is 5.18. The van der Waals surface area contributed by atoms with Crippen LogP contribution >= 0.6 is 0 Å². The lowest BCUT2D eigenvalue weighted by Gasteiger charge is -2.14. The Morgan fingerprint density at radius 1 is 1.50 bits per heavy atom. The van der Waals surface area contributed by atoms with Gasteiger partial charge in [-0.05, 0) is 32.6 Å². The summed E-state index contributed by atoms with van der Waals surface area (Å²) in [5.74, 6) is -0.180. The summed E-state index contributed by atoms with van der Waals surface area (Å²) >= 11 is 0. The number of rotatable bonds is 7. The van der Waals surface area contributed by atoms with Crippen molar-refractivity contribution in [1.29, 1.82) is 0 Å². The van der Waals surface area contributed by atoms with E-state index in [1.807, 2.05) is 6.92 Å². The van der Waals surface area contributed by atoms with Crippen LogP contribution in [-0.2, 0) is 11.2 Å². The highest BCUT2D eigenvalue weighted by atomic mass is 16.4. The van der Waals surface area contributed by atoms with E-state index in [-0.39, 0.29) is 24.1 Å². The number of hydrogen-bond donors (Lipinski definition) is 2. The molecule has 1 atom stereocenters. The van der Waals surface area contributed by atoms with Crippen LogP contribution < -0.4 is 5.32 Å². The molecule has 20 heavy (non-hydrogen) atoms. The van der Waals surface area contributed by atoms with Crippen LogP contribution in [0.4, 0.5) is 0 Å². The minimum atomic E-state index is -1.00. The van der Waals surface area contributed by atoms with Crippen molar-refractivity contribution >= 4 is 11.9 Å². The maximum atomic E-state index is 12.2. The number of carbonyl (C=O) groups excluding carboxylic acids is 1. The van der Waals surface area contributed by atoms with Crippen molar-refractivity contribution in [2.45, 2.75) is 52.0 Å². The number of furan rings is 1. The quantitative estimate of drug-likeness (QED) is 0.803. The summed E-state index contributed by atoms with van der Waals surface area (Å²) in [7, 11) is 0. The first kappa shape index (κ1) is 14.6. The fraction of sp³-hybridized carbons (Fsp3) is 0.600. The van der Waals surface area contributed by atoms with Gasteiger partial charge in [-0.15, -0.1) is 0 Å². The van der Waals surface area contributed by atoms with Crippen molar-refractivity contribution in [2.24, 2.45) is 5.92 Å². The molecule has 1 saturated carbocycles. The molecule has 1 aromatic heterocycles. The van der Waals surface area contributed by atoms with E-state index in [4.69, 9.17) is 9.52 Å². The molecular weight excluding hydrogens is 258 g/mol. The number of carboxylic acid groups (broad SMARTS) is 1. The predicted molar refractivity (Wildman–Crippen MR) is 73.7 cm³/mol. The van der Waals surface area contributed by atoms with Crippen LogP contribution in [-0.4, -0.2) is 23.0 Å². The van der Waals surface area contributed by atoms with E-state index in [2.05, 4.69) is 5.32 Å². The largest absolute Gasteiger partial charge is 0.481 e. The topological polar surface area (TPSA) is 79.5 Å². The third-order valence-corrected chi connectivity index (χ3v) is 3.67. The lowest BCUT2D eigenvalue weighted by Crippen LogP contribution is -2.33. The van der Waals surface area contributed by atoms with Crippen molar-refractivity contribution < 1.29 is 19.1 Å². The molecule has 1 aliphatic rings. The lowest BCUT2D eigenvalue weighted by atomic mass is 10.1. The molecule has 1 aliphatic carbocycles. The van der Waals surface area contributed by atoms with Gasteiger partial charge in [0.25, 0.3) is 5.91 Å². The Morgan fingerprint density at radius 3 is 2.80 bits per heavy atom. The molecule has 1 aromatic rings. The molecule has 2 rings (SSSR count). The predicted octanol–water partition coefficient (Wildman–Crippen LogP) is 2.52. The van der Waals surface area contributed by atoms with Gasteiger partial charge in [-0.25, -0.2) is 0 Å². The van der Waals surface area contributed by atoms with Crippen molar-refractivity contribution in [3.05, 3.63) is 23.2 Å². The van der Waals surface area contributed by atoms with E-state index in [9.17, 15) is 9.59 Å². The van der Waals surface area contributed by atoms with Gasteiger partial charge in [-0.3, -0.25) is 9.59 Å². The second-order valence-corrected chi connectivity index (χ2v) is 5.68. The Hall–Kier alpha value is -1.78. The number of aliphatic carboxylic acids is 1. The van der Waals surface area contributed by atoms with Crippen LogP contribution in [0.2, 0.25) is 0 Å². The van der Waals surface area contributed by atoms with Gasteiger partial charge >= 0.3 is 5.97 Å². The molecule has 0 bridgehead atoms. The highest BCUT2D eigenvalue weighted by molar-refractivity contribution is 5.97. The van der Waals surface area contributed by atoms with Crippen LogP contribution in [0.15, 0.2) is 10.7 Å². The highest BCUT2D eigenvalue weighted by Crippen LogP contribution is 2.33. The van der Waals surface area contributed by atoms with Crippen molar-refractivity contribution in [3.63, 3.8) is 0 Å². The summed E-state index contributed by atoms with van der Waals surface area (Å²) in [5.41, 5.74) is 1.04. The van der Waals surface area contributed by atoms with E-state index in [0.29, 0.717) is 11.1 Å². The van der Waals surface area contributed by atoms with Crippen molar-refractivity contribution in [3.8, 4) is 0 Å². The van der Waals surface area contributed by atoms with Gasteiger partial charge in [0.1, 0.15) is 12.2 Å². The SMILES string of the molecule is Cc1coc(CC(=O)O)c1C(=O)NC(C)CCC1CC1. The molecule has 110 valence electrons. The zero-order chi connectivity index (χ0) is 14.7. The summed E-state index contributed by atoms with van der Waals surface area (Å²) in [6.07, 6.45) is 5.89. The first-order valence-electron chi connectivity index (χ1n) is 7.07. The van der Waals surface area contributed by atoms with E-state index >= 15 is 0 Å². The first-order chi connectivity index (χ1) is 9.47. The van der Waals surface area contributed by atoms with Crippen molar-refractivity contribution in [1.82, 2.24) is 5.32 Å². The maximum Gasteiger partial charge on any atom is 0.311 e. The van der Waals surface area contributed by atoms with Gasteiger partial charge in [0, 0.05) is 11.6 Å². The first-order valence-corrected chi connectivity index (χ1v) is 7.07. The Balaban J connectivity index is 1.96. The molecule has 1 fully saturated rings. The number of carbonyl (C=O) groups is 2. The number of amides is 1.